The number of nitrogens with zero attached hydrogens (tertiary/aromatic N) is 4. The Kier molecular flexibility index (Phi) is 5.75. The van der Waals surface area contributed by atoms with Gasteiger partial charge in [-0.15, -0.1) is 0 Å². The van der Waals surface area contributed by atoms with Crippen molar-refractivity contribution in [3.8, 4) is 45.2 Å². The molecule has 8 rings (SSSR count). The van der Waals surface area contributed by atoms with E-state index >= 15 is 0 Å². The molecule has 0 radical (unpaired) electrons. The first-order valence-corrected chi connectivity index (χ1v) is 14.0. The third-order valence-electron chi connectivity index (χ3n) is 7.81. The van der Waals surface area contributed by atoms with Gasteiger partial charge in [0.1, 0.15) is 0 Å². The Morgan fingerprint density at radius 1 is 0.333 bits per heavy atom. The van der Waals surface area contributed by atoms with Crippen LogP contribution in [0.5, 0.6) is 0 Å². The summed E-state index contributed by atoms with van der Waals surface area (Å²) in [5, 5.41) is 7.31. The average Bonchev–Trinajstić information content (AvgIpc) is 3.09. The Balaban J connectivity index is 1.33. The van der Waals surface area contributed by atoms with Gasteiger partial charge in [0.25, 0.3) is 0 Å². The van der Waals surface area contributed by atoms with Crippen LogP contribution in [0, 0.1) is 0 Å². The standard InChI is InChI=1S/C38H24N4/c1-2-10-29-28(9-1)30-18-16-25(34-12-5-14-36(41-34)27-8-7-20-39-24-27)22-32(30)33-23-26(17-19-31(29)33)35-13-6-15-38(42-35)37-11-3-4-21-40-37/h1-24H. The van der Waals surface area contributed by atoms with Gasteiger partial charge in [-0.25, -0.2) is 9.97 Å². The Labute approximate surface area is 243 Å². The maximum atomic E-state index is 5.01. The Morgan fingerprint density at radius 3 is 1.48 bits per heavy atom. The third-order valence-corrected chi connectivity index (χ3v) is 7.81. The van der Waals surface area contributed by atoms with Crippen LogP contribution in [0.3, 0.4) is 0 Å². The number of benzene rings is 4. The second-order valence-electron chi connectivity index (χ2n) is 10.3. The van der Waals surface area contributed by atoms with E-state index < -0.39 is 0 Å². The SMILES string of the molecule is c1ccc(-c2cccc(-c3ccc4c5ccccc5c5ccc(-c6cccc(-c7cccnc7)n6)cc5c4c3)n2)nc1. The molecule has 4 heterocycles. The maximum absolute atomic E-state index is 5.01. The molecule has 0 N–H and O–H groups in total. The second kappa shape index (κ2) is 10.0. The topological polar surface area (TPSA) is 51.6 Å². The van der Waals surface area contributed by atoms with Gasteiger partial charge in [-0.3, -0.25) is 9.97 Å². The molecule has 42 heavy (non-hydrogen) atoms. The van der Waals surface area contributed by atoms with Gasteiger partial charge in [0, 0.05) is 35.3 Å². The summed E-state index contributed by atoms with van der Waals surface area (Å²) in [6, 6.07) is 44.2. The molecular formula is C38H24N4. The van der Waals surface area contributed by atoms with Gasteiger partial charge in [0.15, 0.2) is 0 Å². The molecule has 4 heteroatoms. The summed E-state index contributed by atoms with van der Waals surface area (Å²) in [6.45, 7) is 0. The van der Waals surface area contributed by atoms with E-state index in [1.807, 2.05) is 54.7 Å². The number of hydrogen-bond acceptors (Lipinski definition) is 4. The third kappa shape index (κ3) is 4.18. The van der Waals surface area contributed by atoms with Crippen LogP contribution in [-0.2, 0) is 0 Å². The molecule has 0 unspecified atom stereocenters. The van der Waals surface area contributed by atoms with Crippen molar-refractivity contribution in [3.63, 3.8) is 0 Å². The minimum absolute atomic E-state index is 0.860. The molecule has 4 aromatic heterocycles. The summed E-state index contributed by atoms with van der Waals surface area (Å²) in [5.41, 5.74) is 7.63. The van der Waals surface area contributed by atoms with Crippen LogP contribution < -0.4 is 0 Å². The number of hydrogen-bond donors (Lipinski definition) is 0. The first-order valence-electron chi connectivity index (χ1n) is 14.0. The molecule has 196 valence electrons. The summed E-state index contributed by atoms with van der Waals surface area (Å²) < 4.78 is 0. The fraction of sp³-hybridized carbons (Fsp3) is 0. The first-order chi connectivity index (χ1) is 20.8. The molecule has 0 aliphatic rings. The number of pyridine rings is 4. The summed E-state index contributed by atoms with van der Waals surface area (Å²) in [6.07, 6.45) is 5.44. The van der Waals surface area contributed by atoms with Crippen molar-refractivity contribution in [2.24, 2.45) is 0 Å². The highest BCUT2D eigenvalue weighted by Crippen LogP contribution is 2.39. The fourth-order valence-corrected chi connectivity index (χ4v) is 5.80. The molecule has 0 atom stereocenters. The molecule has 0 aliphatic carbocycles. The van der Waals surface area contributed by atoms with Gasteiger partial charge >= 0.3 is 0 Å². The van der Waals surface area contributed by atoms with Crippen LogP contribution in [0.4, 0.5) is 0 Å². The number of fused-ring (bicyclic) bond motifs is 6. The summed E-state index contributed by atoms with van der Waals surface area (Å²) >= 11 is 0. The second-order valence-corrected chi connectivity index (χ2v) is 10.3. The van der Waals surface area contributed by atoms with Crippen molar-refractivity contribution in [2.75, 3.05) is 0 Å². The lowest BCUT2D eigenvalue weighted by Crippen LogP contribution is -1.91. The van der Waals surface area contributed by atoms with E-state index in [2.05, 4.69) is 88.8 Å². The molecular weight excluding hydrogens is 512 g/mol. The number of rotatable bonds is 4. The average molecular weight is 537 g/mol. The van der Waals surface area contributed by atoms with Gasteiger partial charge in [0.05, 0.1) is 28.5 Å². The predicted molar refractivity (Wildman–Crippen MR) is 172 cm³/mol. The summed E-state index contributed by atoms with van der Waals surface area (Å²) in [7, 11) is 0. The van der Waals surface area contributed by atoms with Crippen molar-refractivity contribution in [1.29, 1.82) is 0 Å². The van der Waals surface area contributed by atoms with Gasteiger partial charge in [-0.1, -0.05) is 66.7 Å². The van der Waals surface area contributed by atoms with E-state index in [1.165, 1.54) is 32.3 Å². The fourth-order valence-electron chi connectivity index (χ4n) is 5.80. The zero-order valence-electron chi connectivity index (χ0n) is 22.6. The van der Waals surface area contributed by atoms with E-state index in [0.717, 1.165) is 45.2 Å². The van der Waals surface area contributed by atoms with E-state index in [9.17, 15) is 0 Å². The summed E-state index contributed by atoms with van der Waals surface area (Å²) in [5.74, 6) is 0. The van der Waals surface area contributed by atoms with Crippen molar-refractivity contribution in [1.82, 2.24) is 19.9 Å². The molecule has 4 aromatic carbocycles. The highest BCUT2D eigenvalue weighted by molar-refractivity contribution is 6.26. The minimum Gasteiger partial charge on any atom is -0.264 e. The molecule has 8 aromatic rings. The van der Waals surface area contributed by atoms with Crippen LogP contribution in [0.25, 0.3) is 77.5 Å². The van der Waals surface area contributed by atoms with Crippen molar-refractivity contribution in [2.45, 2.75) is 0 Å². The zero-order valence-corrected chi connectivity index (χ0v) is 22.6. The Hall–Kier alpha value is -5.74. The molecule has 0 amide bonds. The van der Waals surface area contributed by atoms with E-state index in [-0.39, 0.29) is 0 Å². The number of aromatic nitrogens is 4. The van der Waals surface area contributed by atoms with Crippen LogP contribution >= 0.6 is 0 Å². The zero-order chi connectivity index (χ0) is 27.9. The first kappa shape index (κ1) is 24.1. The quantitative estimate of drug-likeness (QED) is 0.210. The van der Waals surface area contributed by atoms with Crippen molar-refractivity contribution < 1.29 is 0 Å². The normalized spacial score (nSPS) is 11.3. The lowest BCUT2D eigenvalue weighted by Gasteiger charge is -2.14. The monoisotopic (exact) mass is 536 g/mol. The van der Waals surface area contributed by atoms with Crippen molar-refractivity contribution in [3.05, 3.63) is 146 Å². The van der Waals surface area contributed by atoms with Crippen LogP contribution in [0.1, 0.15) is 0 Å². The van der Waals surface area contributed by atoms with Crippen LogP contribution in [0.2, 0.25) is 0 Å². The van der Waals surface area contributed by atoms with E-state index in [4.69, 9.17) is 9.97 Å². The molecule has 0 aliphatic heterocycles. The maximum Gasteiger partial charge on any atom is 0.0893 e. The van der Waals surface area contributed by atoms with Crippen molar-refractivity contribution >= 4 is 32.3 Å². The lowest BCUT2D eigenvalue weighted by atomic mass is 9.91. The molecule has 0 saturated heterocycles. The van der Waals surface area contributed by atoms with Gasteiger partial charge in [-0.2, -0.15) is 0 Å². The van der Waals surface area contributed by atoms with Gasteiger partial charge < -0.3 is 0 Å². The van der Waals surface area contributed by atoms with E-state index in [1.54, 1.807) is 12.4 Å². The highest BCUT2D eigenvalue weighted by atomic mass is 14.8. The lowest BCUT2D eigenvalue weighted by molar-refractivity contribution is 1.25. The van der Waals surface area contributed by atoms with Gasteiger partial charge in [-0.05, 0) is 93.0 Å². The molecule has 0 spiro atoms. The molecule has 0 saturated carbocycles. The smallest absolute Gasteiger partial charge is 0.0893 e. The van der Waals surface area contributed by atoms with Gasteiger partial charge in [0.2, 0.25) is 0 Å². The van der Waals surface area contributed by atoms with Crippen LogP contribution in [-0.4, -0.2) is 19.9 Å². The predicted octanol–water partition coefficient (Wildman–Crippen LogP) is 9.39. The molecule has 0 fully saturated rings. The Bertz CT molecular complexity index is 2080. The van der Waals surface area contributed by atoms with Crippen LogP contribution in [0.15, 0.2) is 146 Å². The highest BCUT2D eigenvalue weighted by Gasteiger charge is 2.13. The largest absolute Gasteiger partial charge is 0.264 e. The molecule has 4 nitrogen and oxygen atoms in total. The molecule has 0 bridgehead atoms. The summed E-state index contributed by atoms with van der Waals surface area (Å²) in [4.78, 5) is 18.8. The Morgan fingerprint density at radius 2 is 0.881 bits per heavy atom. The minimum atomic E-state index is 0.860. The van der Waals surface area contributed by atoms with E-state index in [0.29, 0.717) is 0 Å².